The van der Waals surface area contributed by atoms with E-state index in [1.54, 1.807) is 0 Å². The standard InChI is InChI=1S/C44H85NO5/c1-3-5-7-9-11-13-15-16-17-18-19-20-21-22-23-24-25-26-28-29-31-33-35-37-41(47)43(49)40(39-46)45-44(50)42(48)38-36-34-32-30-27-14-12-10-8-6-4-2/h24-25,29,31,40-43,46-49H,3-23,26-28,30,32-39H2,1-2H3,(H,45,50)/b25-24+,31-29+. The molecule has 0 aliphatic carbocycles. The molecule has 6 nitrogen and oxygen atoms in total. The van der Waals surface area contributed by atoms with Crippen molar-refractivity contribution in [1.29, 1.82) is 0 Å². The first-order chi connectivity index (χ1) is 24.5. The van der Waals surface area contributed by atoms with Crippen molar-refractivity contribution in [1.82, 2.24) is 5.32 Å². The minimum Gasteiger partial charge on any atom is -0.394 e. The fourth-order valence-corrected chi connectivity index (χ4v) is 6.66. The maximum atomic E-state index is 12.4. The molecule has 50 heavy (non-hydrogen) atoms. The minimum absolute atomic E-state index is 0.362. The third-order valence-electron chi connectivity index (χ3n) is 10.1. The summed E-state index contributed by atoms with van der Waals surface area (Å²) in [5, 5.41) is 43.5. The molecule has 4 unspecified atom stereocenters. The molecule has 4 atom stereocenters. The molecule has 0 aromatic heterocycles. The van der Waals surface area contributed by atoms with Gasteiger partial charge in [0.05, 0.1) is 18.8 Å². The number of hydrogen-bond donors (Lipinski definition) is 5. The molecule has 0 bridgehead atoms. The Balaban J connectivity index is 3.77. The zero-order chi connectivity index (χ0) is 36.8. The molecule has 0 aromatic rings. The smallest absolute Gasteiger partial charge is 0.249 e. The first-order valence-corrected chi connectivity index (χ1v) is 21.7. The van der Waals surface area contributed by atoms with Crippen LogP contribution in [0.3, 0.4) is 0 Å². The Hall–Kier alpha value is -1.21. The van der Waals surface area contributed by atoms with Crippen LogP contribution in [0.25, 0.3) is 0 Å². The van der Waals surface area contributed by atoms with Crippen molar-refractivity contribution in [2.45, 2.75) is 244 Å². The minimum atomic E-state index is -1.29. The molecular formula is C44H85NO5. The monoisotopic (exact) mass is 708 g/mol. The molecule has 0 spiro atoms. The lowest BCUT2D eigenvalue weighted by Gasteiger charge is -2.27. The normalized spacial score (nSPS) is 14.4. The van der Waals surface area contributed by atoms with Crippen molar-refractivity contribution in [3.8, 4) is 0 Å². The second-order valence-electron chi connectivity index (χ2n) is 15.0. The van der Waals surface area contributed by atoms with Gasteiger partial charge >= 0.3 is 0 Å². The lowest BCUT2D eigenvalue weighted by molar-refractivity contribution is -0.132. The highest BCUT2D eigenvalue weighted by Crippen LogP contribution is 2.15. The second kappa shape index (κ2) is 39.0. The summed E-state index contributed by atoms with van der Waals surface area (Å²) in [5.74, 6) is -0.598. The highest BCUT2D eigenvalue weighted by molar-refractivity contribution is 5.80. The Morgan fingerprint density at radius 3 is 1.26 bits per heavy atom. The van der Waals surface area contributed by atoms with Gasteiger partial charge in [-0.05, 0) is 51.4 Å². The van der Waals surface area contributed by atoms with Crippen LogP contribution in [0.4, 0.5) is 0 Å². The van der Waals surface area contributed by atoms with Gasteiger partial charge < -0.3 is 25.7 Å². The van der Waals surface area contributed by atoms with Crippen LogP contribution >= 0.6 is 0 Å². The summed E-state index contributed by atoms with van der Waals surface area (Å²) >= 11 is 0. The molecule has 5 N–H and O–H groups in total. The lowest BCUT2D eigenvalue weighted by atomic mass is 10.00. The van der Waals surface area contributed by atoms with E-state index in [4.69, 9.17) is 0 Å². The predicted molar refractivity (Wildman–Crippen MR) is 214 cm³/mol. The van der Waals surface area contributed by atoms with E-state index in [2.05, 4.69) is 43.5 Å². The summed E-state index contributed by atoms with van der Waals surface area (Å²) in [7, 11) is 0. The van der Waals surface area contributed by atoms with E-state index in [9.17, 15) is 25.2 Å². The Kier molecular flexibility index (Phi) is 38.1. The quantitative estimate of drug-likeness (QED) is 0.0323. The van der Waals surface area contributed by atoms with E-state index in [1.807, 2.05) is 0 Å². The fourth-order valence-electron chi connectivity index (χ4n) is 6.66. The predicted octanol–water partition coefficient (Wildman–Crippen LogP) is 11.2. The van der Waals surface area contributed by atoms with Gasteiger partial charge in [-0.3, -0.25) is 4.79 Å². The van der Waals surface area contributed by atoms with Gasteiger partial charge in [-0.15, -0.1) is 0 Å². The van der Waals surface area contributed by atoms with Gasteiger partial charge in [0.2, 0.25) is 5.91 Å². The number of hydrogen-bond acceptors (Lipinski definition) is 5. The van der Waals surface area contributed by atoms with Crippen LogP contribution in [0.15, 0.2) is 24.3 Å². The Labute approximate surface area is 310 Å². The van der Waals surface area contributed by atoms with E-state index in [0.29, 0.717) is 19.3 Å². The second-order valence-corrected chi connectivity index (χ2v) is 15.0. The molecular weight excluding hydrogens is 622 g/mol. The molecule has 0 aliphatic rings. The number of unbranched alkanes of at least 4 members (excludes halogenated alkanes) is 26. The number of aliphatic hydroxyl groups excluding tert-OH is 4. The van der Waals surface area contributed by atoms with Crippen molar-refractivity contribution in [2.24, 2.45) is 0 Å². The van der Waals surface area contributed by atoms with Gasteiger partial charge in [0, 0.05) is 0 Å². The number of aliphatic hydroxyl groups is 4. The van der Waals surface area contributed by atoms with Crippen molar-refractivity contribution in [3.05, 3.63) is 24.3 Å². The van der Waals surface area contributed by atoms with Crippen LogP contribution in [0, 0.1) is 0 Å². The van der Waals surface area contributed by atoms with Crippen LogP contribution in [-0.2, 0) is 4.79 Å². The van der Waals surface area contributed by atoms with E-state index in [-0.39, 0.29) is 0 Å². The SMILES string of the molecule is CCCCCCCCCCCCCCCC/C=C/CC/C=C/CCCC(O)C(O)C(CO)NC(=O)C(O)CCCCCCCCCCCCC. The first kappa shape index (κ1) is 48.8. The van der Waals surface area contributed by atoms with Crippen molar-refractivity contribution in [3.63, 3.8) is 0 Å². The van der Waals surface area contributed by atoms with Gasteiger partial charge in [-0.2, -0.15) is 0 Å². The Morgan fingerprint density at radius 1 is 0.480 bits per heavy atom. The number of nitrogens with one attached hydrogen (secondary N) is 1. The maximum absolute atomic E-state index is 12.4. The van der Waals surface area contributed by atoms with Crippen LogP contribution in [0.2, 0.25) is 0 Å². The Morgan fingerprint density at radius 2 is 0.840 bits per heavy atom. The third-order valence-corrected chi connectivity index (χ3v) is 10.1. The molecule has 296 valence electrons. The van der Waals surface area contributed by atoms with Crippen LogP contribution < -0.4 is 5.32 Å². The van der Waals surface area contributed by atoms with Crippen molar-refractivity contribution in [2.75, 3.05) is 6.61 Å². The Bertz CT molecular complexity index is 757. The highest BCUT2D eigenvalue weighted by Gasteiger charge is 2.28. The number of allylic oxidation sites excluding steroid dienone is 4. The number of carbonyl (C=O) groups is 1. The number of rotatable bonds is 39. The summed E-state index contributed by atoms with van der Waals surface area (Å²) in [6.45, 7) is 4.02. The molecule has 0 rings (SSSR count). The van der Waals surface area contributed by atoms with Gasteiger partial charge in [0.15, 0.2) is 0 Å². The number of amides is 1. The largest absolute Gasteiger partial charge is 0.394 e. The van der Waals surface area contributed by atoms with E-state index in [0.717, 1.165) is 38.5 Å². The topological polar surface area (TPSA) is 110 Å². The lowest BCUT2D eigenvalue weighted by Crippen LogP contribution is -2.53. The zero-order valence-corrected chi connectivity index (χ0v) is 33.2. The van der Waals surface area contributed by atoms with E-state index >= 15 is 0 Å². The van der Waals surface area contributed by atoms with Gasteiger partial charge in [0.1, 0.15) is 12.2 Å². The first-order valence-electron chi connectivity index (χ1n) is 21.7. The molecule has 0 fully saturated rings. The molecule has 0 saturated carbocycles. The molecule has 0 saturated heterocycles. The summed E-state index contributed by atoms with van der Waals surface area (Å²) in [6, 6.07) is -1.00. The van der Waals surface area contributed by atoms with Gasteiger partial charge in [0.25, 0.3) is 0 Å². The summed E-state index contributed by atoms with van der Waals surface area (Å²) in [4.78, 5) is 12.4. The molecule has 0 aromatic carbocycles. The summed E-state index contributed by atoms with van der Waals surface area (Å²) in [5.41, 5.74) is 0. The highest BCUT2D eigenvalue weighted by atomic mass is 16.3. The van der Waals surface area contributed by atoms with E-state index < -0.39 is 36.9 Å². The third kappa shape index (κ3) is 32.7. The molecule has 0 heterocycles. The molecule has 0 radical (unpaired) electrons. The van der Waals surface area contributed by atoms with Gasteiger partial charge in [-0.1, -0.05) is 192 Å². The molecule has 0 aliphatic heterocycles. The average molecular weight is 708 g/mol. The summed E-state index contributed by atoms with van der Waals surface area (Å²) < 4.78 is 0. The average Bonchev–Trinajstić information content (AvgIpc) is 3.12. The zero-order valence-electron chi connectivity index (χ0n) is 33.2. The van der Waals surface area contributed by atoms with Crippen molar-refractivity contribution < 1.29 is 25.2 Å². The van der Waals surface area contributed by atoms with Crippen LogP contribution in [-0.4, -0.2) is 57.3 Å². The fraction of sp³-hybridized carbons (Fsp3) is 0.886. The van der Waals surface area contributed by atoms with Crippen molar-refractivity contribution >= 4 is 5.91 Å². The number of carbonyl (C=O) groups excluding carboxylic acids is 1. The molecule has 6 heteroatoms. The summed E-state index contributed by atoms with van der Waals surface area (Å²) in [6.07, 6.45) is 43.6. The van der Waals surface area contributed by atoms with Crippen LogP contribution in [0.1, 0.15) is 219 Å². The van der Waals surface area contributed by atoms with Crippen LogP contribution in [0.5, 0.6) is 0 Å². The van der Waals surface area contributed by atoms with Gasteiger partial charge in [-0.25, -0.2) is 0 Å². The maximum Gasteiger partial charge on any atom is 0.249 e. The van der Waals surface area contributed by atoms with E-state index in [1.165, 1.54) is 148 Å². The molecule has 1 amide bonds.